The van der Waals surface area contributed by atoms with Crippen LogP contribution in [0, 0.1) is 0 Å². The van der Waals surface area contributed by atoms with E-state index in [2.05, 4.69) is 41.7 Å². The number of furan rings is 1. The van der Waals surface area contributed by atoms with Crippen molar-refractivity contribution in [3.63, 3.8) is 0 Å². The molecule has 124 valence electrons. The van der Waals surface area contributed by atoms with Crippen LogP contribution in [-0.2, 0) is 19.4 Å². The fourth-order valence-electron chi connectivity index (χ4n) is 3.30. The van der Waals surface area contributed by atoms with Gasteiger partial charge in [0.25, 0.3) is 0 Å². The van der Waals surface area contributed by atoms with Crippen molar-refractivity contribution in [2.24, 2.45) is 0 Å². The highest BCUT2D eigenvalue weighted by atomic mass is 32.2. The molecule has 0 aliphatic carbocycles. The van der Waals surface area contributed by atoms with Crippen molar-refractivity contribution in [2.75, 3.05) is 6.54 Å². The number of aliphatic hydroxyl groups excluding tert-OH is 1. The van der Waals surface area contributed by atoms with Gasteiger partial charge in [-0.05, 0) is 36.8 Å². The Hall–Kier alpha value is -1.75. The van der Waals surface area contributed by atoms with Crippen LogP contribution in [0.25, 0.3) is 11.0 Å². The minimum absolute atomic E-state index is 0.384. The van der Waals surface area contributed by atoms with Gasteiger partial charge in [0.2, 0.25) is 0 Å². The van der Waals surface area contributed by atoms with Crippen LogP contribution < -0.4 is 5.32 Å². The second kappa shape index (κ2) is 6.63. The molecular weight excluding hydrogens is 318 g/mol. The molecule has 3 aromatic rings. The first kappa shape index (κ1) is 15.8. The minimum atomic E-state index is -0.384. The van der Waals surface area contributed by atoms with Gasteiger partial charge in [-0.1, -0.05) is 30.0 Å². The Bertz CT molecular complexity index is 855. The average molecular weight is 339 g/mol. The van der Waals surface area contributed by atoms with E-state index in [1.807, 2.05) is 13.0 Å². The molecule has 4 heteroatoms. The molecule has 0 saturated carbocycles. The number of aliphatic hydroxyl groups is 1. The normalized spacial score (nSPS) is 15.4. The summed E-state index contributed by atoms with van der Waals surface area (Å²) in [5, 5.41) is 14.5. The van der Waals surface area contributed by atoms with Crippen molar-refractivity contribution in [2.45, 2.75) is 42.2 Å². The van der Waals surface area contributed by atoms with Crippen LogP contribution >= 0.6 is 11.8 Å². The maximum absolute atomic E-state index is 9.89. The van der Waals surface area contributed by atoms with Gasteiger partial charge in [0, 0.05) is 46.7 Å². The van der Waals surface area contributed by atoms with Gasteiger partial charge in [0.1, 0.15) is 11.3 Å². The van der Waals surface area contributed by atoms with Crippen molar-refractivity contribution in [3.05, 3.63) is 59.4 Å². The molecule has 2 aromatic carbocycles. The summed E-state index contributed by atoms with van der Waals surface area (Å²) in [5.74, 6) is 1.09. The number of hydrogen-bond acceptors (Lipinski definition) is 4. The quantitative estimate of drug-likeness (QED) is 0.749. The van der Waals surface area contributed by atoms with Crippen LogP contribution in [0.2, 0.25) is 0 Å². The van der Waals surface area contributed by atoms with E-state index in [9.17, 15) is 5.11 Å². The van der Waals surface area contributed by atoms with Crippen molar-refractivity contribution >= 4 is 22.7 Å². The number of rotatable bonds is 4. The molecule has 0 fully saturated rings. The van der Waals surface area contributed by atoms with E-state index < -0.39 is 0 Å². The van der Waals surface area contributed by atoms with Crippen LogP contribution in [-0.4, -0.2) is 17.8 Å². The first-order valence-corrected chi connectivity index (χ1v) is 9.21. The predicted molar refractivity (Wildman–Crippen MR) is 97.6 cm³/mol. The van der Waals surface area contributed by atoms with E-state index in [-0.39, 0.29) is 6.10 Å². The smallest absolute Gasteiger partial charge is 0.137 e. The summed E-state index contributed by atoms with van der Waals surface area (Å²) in [6.07, 6.45) is 1.16. The lowest BCUT2D eigenvalue weighted by Gasteiger charge is -2.11. The van der Waals surface area contributed by atoms with Gasteiger partial charge in [-0.2, -0.15) is 0 Å². The standard InChI is InChI=1S/C20H21NO2S/c1-13(22)9-14-10-16(24-15-5-3-2-4-6-15)11-17-18-12-21-8-7-19(18)23-20(14)17/h2-6,10-11,13,21-22H,7-9,12H2,1H3. The monoisotopic (exact) mass is 339 g/mol. The average Bonchev–Trinajstić information content (AvgIpc) is 2.95. The number of nitrogens with one attached hydrogen (secondary N) is 1. The lowest BCUT2D eigenvalue weighted by atomic mass is 10.0. The Kier molecular flexibility index (Phi) is 4.35. The van der Waals surface area contributed by atoms with Gasteiger partial charge in [0.15, 0.2) is 0 Å². The summed E-state index contributed by atoms with van der Waals surface area (Å²) in [6.45, 7) is 3.65. The first-order chi connectivity index (χ1) is 11.7. The highest BCUT2D eigenvalue weighted by molar-refractivity contribution is 7.99. The molecule has 3 nitrogen and oxygen atoms in total. The summed E-state index contributed by atoms with van der Waals surface area (Å²) < 4.78 is 6.17. The Balaban J connectivity index is 1.82. The molecule has 2 N–H and O–H groups in total. The molecular formula is C20H21NO2S. The highest BCUT2D eigenvalue weighted by Crippen LogP contribution is 2.37. The largest absolute Gasteiger partial charge is 0.460 e. The second-order valence-corrected chi connectivity index (χ2v) is 7.50. The Morgan fingerprint density at radius 2 is 2.04 bits per heavy atom. The van der Waals surface area contributed by atoms with E-state index in [1.54, 1.807) is 11.8 Å². The molecule has 1 aliphatic rings. The first-order valence-electron chi connectivity index (χ1n) is 8.39. The van der Waals surface area contributed by atoms with E-state index in [1.165, 1.54) is 20.7 Å². The Morgan fingerprint density at radius 3 is 2.83 bits per heavy atom. The third kappa shape index (κ3) is 3.09. The molecule has 1 unspecified atom stereocenters. The highest BCUT2D eigenvalue weighted by Gasteiger charge is 2.21. The third-order valence-electron chi connectivity index (χ3n) is 4.35. The predicted octanol–water partition coefficient (Wildman–Crippen LogP) is 4.15. The zero-order chi connectivity index (χ0) is 16.5. The zero-order valence-electron chi connectivity index (χ0n) is 13.7. The van der Waals surface area contributed by atoms with Crippen LogP contribution in [0.5, 0.6) is 0 Å². The van der Waals surface area contributed by atoms with Crippen LogP contribution in [0.1, 0.15) is 23.8 Å². The molecule has 4 rings (SSSR count). The van der Waals surface area contributed by atoms with E-state index in [4.69, 9.17) is 4.42 Å². The second-order valence-electron chi connectivity index (χ2n) is 6.36. The van der Waals surface area contributed by atoms with Crippen molar-refractivity contribution in [1.82, 2.24) is 5.32 Å². The summed E-state index contributed by atoms with van der Waals surface area (Å²) >= 11 is 1.75. The number of benzene rings is 2. The Labute approximate surface area is 146 Å². The lowest BCUT2D eigenvalue weighted by molar-refractivity contribution is 0.195. The van der Waals surface area contributed by atoms with Gasteiger partial charge in [0.05, 0.1) is 6.10 Å². The summed E-state index contributed by atoms with van der Waals surface area (Å²) in [4.78, 5) is 2.41. The summed E-state index contributed by atoms with van der Waals surface area (Å²) in [7, 11) is 0. The maximum Gasteiger partial charge on any atom is 0.137 e. The lowest BCUT2D eigenvalue weighted by Crippen LogP contribution is -2.22. The molecule has 1 aliphatic heterocycles. The van der Waals surface area contributed by atoms with Crippen LogP contribution in [0.3, 0.4) is 0 Å². The molecule has 2 heterocycles. The summed E-state index contributed by atoms with van der Waals surface area (Å²) in [6, 6.07) is 14.8. The number of fused-ring (bicyclic) bond motifs is 3. The molecule has 1 aromatic heterocycles. The third-order valence-corrected chi connectivity index (χ3v) is 5.33. The molecule has 0 saturated heterocycles. The SMILES string of the molecule is CC(O)Cc1cc(Sc2ccccc2)cc2c3c(oc12)CCNC3. The zero-order valence-corrected chi connectivity index (χ0v) is 14.5. The molecule has 0 spiro atoms. The van der Waals surface area contributed by atoms with Gasteiger partial charge in [-0.25, -0.2) is 0 Å². The number of hydrogen-bond donors (Lipinski definition) is 2. The van der Waals surface area contributed by atoms with Gasteiger partial charge in [-0.3, -0.25) is 0 Å². The molecule has 1 atom stereocenters. The van der Waals surface area contributed by atoms with Gasteiger partial charge < -0.3 is 14.8 Å². The van der Waals surface area contributed by atoms with E-state index in [0.29, 0.717) is 6.42 Å². The molecule has 24 heavy (non-hydrogen) atoms. The van der Waals surface area contributed by atoms with Crippen molar-refractivity contribution in [3.8, 4) is 0 Å². The Morgan fingerprint density at radius 1 is 1.21 bits per heavy atom. The van der Waals surface area contributed by atoms with Gasteiger partial charge >= 0.3 is 0 Å². The van der Waals surface area contributed by atoms with Gasteiger partial charge in [-0.15, -0.1) is 0 Å². The topological polar surface area (TPSA) is 45.4 Å². The fraction of sp³-hybridized carbons (Fsp3) is 0.300. The minimum Gasteiger partial charge on any atom is -0.460 e. The van der Waals surface area contributed by atoms with E-state index >= 15 is 0 Å². The van der Waals surface area contributed by atoms with Crippen molar-refractivity contribution < 1.29 is 9.52 Å². The molecule has 0 radical (unpaired) electrons. The maximum atomic E-state index is 9.89. The molecule has 0 amide bonds. The van der Waals surface area contributed by atoms with E-state index in [0.717, 1.165) is 36.4 Å². The summed E-state index contributed by atoms with van der Waals surface area (Å²) in [5.41, 5.74) is 3.32. The van der Waals surface area contributed by atoms with Crippen molar-refractivity contribution in [1.29, 1.82) is 0 Å². The molecule has 0 bridgehead atoms. The van der Waals surface area contributed by atoms with Crippen LogP contribution in [0.15, 0.2) is 56.7 Å². The fourth-order valence-corrected chi connectivity index (χ4v) is 4.25. The van der Waals surface area contributed by atoms with Crippen LogP contribution in [0.4, 0.5) is 0 Å².